The highest BCUT2D eigenvalue weighted by atomic mass is 35.5. The Kier molecular flexibility index (Phi) is 1.51. The van der Waals surface area contributed by atoms with E-state index in [4.69, 9.17) is 11.6 Å². The molecule has 0 aliphatic heterocycles. The normalized spacial score (nSPS) is 22.4. The lowest BCUT2D eigenvalue weighted by Crippen LogP contribution is -2.31. The second-order valence-electron chi connectivity index (χ2n) is 1.95. The first-order valence-corrected chi connectivity index (χ1v) is 2.80. The molecule has 0 aromatic rings. The van der Waals surface area contributed by atoms with Crippen molar-refractivity contribution in [3.8, 4) is 0 Å². The molecule has 0 fully saturated rings. The van der Waals surface area contributed by atoms with Gasteiger partial charge in [0.2, 0.25) is 0 Å². The summed E-state index contributed by atoms with van der Waals surface area (Å²) >= 11 is 4.73. The molecule has 0 aromatic heterocycles. The smallest absolute Gasteiger partial charge is 0.276 e. The van der Waals surface area contributed by atoms with Crippen LogP contribution in [0.1, 0.15) is 6.42 Å². The largest absolute Gasteiger partial charge is 0.303 e. The SMILES string of the molecule is O=C(Cl)C1=C(F)C(F)(F)C1. The van der Waals surface area contributed by atoms with Crippen LogP contribution in [0.15, 0.2) is 11.4 Å². The Morgan fingerprint density at radius 3 is 2.20 bits per heavy atom. The first kappa shape index (κ1) is 7.60. The monoisotopic (exact) mass is 170 g/mol. The minimum absolute atomic E-state index is 0.605. The minimum atomic E-state index is -3.46. The van der Waals surface area contributed by atoms with Crippen LogP contribution in [-0.2, 0) is 4.79 Å². The van der Waals surface area contributed by atoms with Crippen LogP contribution >= 0.6 is 11.6 Å². The number of carbonyl (C=O) groups excluding carboxylic acids is 1. The van der Waals surface area contributed by atoms with Gasteiger partial charge in [0.1, 0.15) is 0 Å². The van der Waals surface area contributed by atoms with Gasteiger partial charge >= 0.3 is 5.92 Å². The van der Waals surface area contributed by atoms with Crippen molar-refractivity contribution in [2.45, 2.75) is 12.3 Å². The summed E-state index contributed by atoms with van der Waals surface area (Å²) in [5.74, 6) is -5.15. The zero-order valence-corrected chi connectivity index (χ0v) is 5.38. The fraction of sp³-hybridized carbons (Fsp3) is 0.400. The second kappa shape index (κ2) is 1.99. The third kappa shape index (κ3) is 0.923. The molecule has 10 heavy (non-hydrogen) atoms. The van der Waals surface area contributed by atoms with Gasteiger partial charge in [-0.2, -0.15) is 8.78 Å². The quantitative estimate of drug-likeness (QED) is 0.550. The van der Waals surface area contributed by atoms with Crippen molar-refractivity contribution in [2.24, 2.45) is 0 Å². The molecule has 56 valence electrons. The highest BCUT2D eigenvalue weighted by Crippen LogP contribution is 2.44. The number of halogens is 4. The van der Waals surface area contributed by atoms with Crippen molar-refractivity contribution in [3.63, 3.8) is 0 Å². The van der Waals surface area contributed by atoms with Gasteiger partial charge in [-0.3, -0.25) is 4.79 Å². The lowest BCUT2D eigenvalue weighted by Gasteiger charge is -2.24. The molecule has 0 heterocycles. The minimum Gasteiger partial charge on any atom is -0.276 e. The van der Waals surface area contributed by atoms with Crippen molar-refractivity contribution in [3.05, 3.63) is 11.4 Å². The molecule has 0 saturated carbocycles. The predicted octanol–water partition coefficient (Wildman–Crippen LogP) is 2.01. The van der Waals surface area contributed by atoms with E-state index in [0.29, 0.717) is 0 Å². The zero-order chi connectivity index (χ0) is 7.94. The standard InChI is InChI=1S/C5H2ClF3O/c6-4(10)2-1-5(8,9)3(2)7/h1H2. The van der Waals surface area contributed by atoms with Gasteiger partial charge in [-0.25, -0.2) is 4.39 Å². The Morgan fingerprint density at radius 2 is 2.10 bits per heavy atom. The molecule has 0 radical (unpaired) electrons. The third-order valence-electron chi connectivity index (χ3n) is 1.22. The molecule has 5 heteroatoms. The van der Waals surface area contributed by atoms with E-state index in [1.54, 1.807) is 0 Å². The second-order valence-corrected chi connectivity index (χ2v) is 2.29. The molecule has 1 nitrogen and oxygen atoms in total. The molecule has 0 amide bonds. The lowest BCUT2D eigenvalue weighted by atomic mass is 9.94. The van der Waals surface area contributed by atoms with Crippen molar-refractivity contribution < 1.29 is 18.0 Å². The van der Waals surface area contributed by atoms with Crippen LogP contribution in [0.2, 0.25) is 0 Å². The lowest BCUT2D eigenvalue weighted by molar-refractivity contribution is -0.111. The molecule has 0 aromatic carbocycles. The number of carbonyl (C=O) groups is 1. The molecule has 0 unspecified atom stereocenters. The van der Waals surface area contributed by atoms with Gasteiger partial charge < -0.3 is 0 Å². The number of hydrogen-bond donors (Lipinski definition) is 0. The first-order valence-electron chi connectivity index (χ1n) is 2.42. The summed E-state index contributed by atoms with van der Waals surface area (Å²) in [6.45, 7) is 0. The van der Waals surface area contributed by atoms with E-state index in [0.717, 1.165) is 0 Å². The molecule has 0 saturated heterocycles. The highest BCUT2D eigenvalue weighted by Gasteiger charge is 2.49. The van der Waals surface area contributed by atoms with Crippen LogP contribution in [0.3, 0.4) is 0 Å². The number of hydrogen-bond acceptors (Lipinski definition) is 1. The Hall–Kier alpha value is -0.510. The summed E-state index contributed by atoms with van der Waals surface area (Å²) in [6, 6.07) is 0. The fourth-order valence-corrected chi connectivity index (χ4v) is 0.797. The van der Waals surface area contributed by atoms with Gasteiger partial charge in [-0.05, 0) is 11.6 Å². The van der Waals surface area contributed by atoms with E-state index >= 15 is 0 Å². The van der Waals surface area contributed by atoms with E-state index < -0.39 is 29.0 Å². The summed E-state index contributed by atoms with van der Waals surface area (Å²) in [7, 11) is 0. The summed E-state index contributed by atoms with van der Waals surface area (Å²) in [6.07, 6.45) is -0.874. The van der Waals surface area contributed by atoms with Gasteiger partial charge in [-0.1, -0.05) is 0 Å². The number of alkyl halides is 2. The molecular weight excluding hydrogens is 169 g/mol. The molecule has 0 atom stereocenters. The van der Waals surface area contributed by atoms with Crippen molar-refractivity contribution >= 4 is 16.8 Å². The molecule has 0 N–H and O–H groups in total. The Bertz CT molecular complexity index is 221. The summed E-state index contributed by atoms with van der Waals surface area (Å²) in [4.78, 5) is 10.1. The Morgan fingerprint density at radius 1 is 1.60 bits per heavy atom. The van der Waals surface area contributed by atoms with Crippen molar-refractivity contribution in [1.29, 1.82) is 0 Å². The summed E-state index contributed by atoms with van der Waals surface area (Å²) < 4.78 is 35.8. The Labute approximate surface area is 59.5 Å². The van der Waals surface area contributed by atoms with Crippen LogP contribution in [0.4, 0.5) is 13.2 Å². The van der Waals surface area contributed by atoms with Gasteiger partial charge in [-0.15, -0.1) is 0 Å². The van der Waals surface area contributed by atoms with E-state index in [1.165, 1.54) is 0 Å². The fourth-order valence-electron chi connectivity index (χ4n) is 0.647. The molecule has 0 bridgehead atoms. The number of rotatable bonds is 1. The molecular formula is C5H2ClF3O. The maximum atomic E-state index is 12.0. The van der Waals surface area contributed by atoms with Crippen LogP contribution in [-0.4, -0.2) is 11.2 Å². The Balaban J connectivity index is 2.88. The van der Waals surface area contributed by atoms with Gasteiger partial charge in [0.25, 0.3) is 5.24 Å². The topological polar surface area (TPSA) is 17.1 Å². The van der Waals surface area contributed by atoms with Crippen LogP contribution < -0.4 is 0 Å². The third-order valence-corrected chi connectivity index (χ3v) is 1.45. The summed E-state index contributed by atoms with van der Waals surface area (Å²) in [5.41, 5.74) is -0.605. The molecule has 1 rings (SSSR count). The highest BCUT2D eigenvalue weighted by molar-refractivity contribution is 6.67. The van der Waals surface area contributed by atoms with E-state index in [-0.39, 0.29) is 0 Å². The van der Waals surface area contributed by atoms with E-state index in [2.05, 4.69) is 0 Å². The number of allylic oxidation sites excluding steroid dienone is 2. The van der Waals surface area contributed by atoms with Crippen LogP contribution in [0.5, 0.6) is 0 Å². The van der Waals surface area contributed by atoms with Gasteiger partial charge in [0, 0.05) is 0 Å². The molecule has 0 spiro atoms. The maximum Gasteiger partial charge on any atom is 0.303 e. The average molecular weight is 171 g/mol. The molecule has 1 aliphatic carbocycles. The first-order chi connectivity index (χ1) is 4.45. The van der Waals surface area contributed by atoms with E-state index in [9.17, 15) is 18.0 Å². The van der Waals surface area contributed by atoms with Crippen molar-refractivity contribution in [1.82, 2.24) is 0 Å². The maximum absolute atomic E-state index is 12.0. The predicted molar refractivity (Wildman–Crippen MR) is 28.6 cm³/mol. The van der Waals surface area contributed by atoms with Crippen LogP contribution in [0.25, 0.3) is 0 Å². The average Bonchev–Trinajstić information content (AvgIpc) is 1.82. The van der Waals surface area contributed by atoms with Crippen molar-refractivity contribution in [2.75, 3.05) is 0 Å². The molecule has 1 aliphatic rings. The van der Waals surface area contributed by atoms with Gasteiger partial charge in [0.15, 0.2) is 5.83 Å². The van der Waals surface area contributed by atoms with Gasteiger partial charge in [0.05, 0.1) is 12.0 Å². The zero-order valence-electron chi connectivity index (χ0n) is 4.63. The van der Waals surface area contributed by atoms with Crippen LogP contribution in [0, 0.1) is 0 Å². The summed E-state index contributed by atoms with van der Waals surface area (Å²) in [5, 5.41) is -1.14. The van der Waals surface area contributed by atoms with E-state index in [1.807, 2.05) is 0 Å².